The normalized spacial score (nSPS) is 9.53. The molecule has 0 aromatic carbocycles. The number of pyridine rings is 1. The average molecular weight is 215 g/mol. The van der Waals surface area contributed by atoms with E-state index in [1.54, 1.807) is 23.7 Å². The lowest BCUT2D eigenvalue weighted by atomic mass is 10.3. The van der Waals surface area contributed by atoms with Crippen LogP contribution in [0, 0.1) is 12.3 Å². The topological polar surface area (TPSA) is 22.1 Å². The van der Waals surface area contributed by atoms with Crippen LogP contribution in [0.3, 0.4) is 0 Å². The van der Waals surface area contributed by atoms with Crippen molar-refractivity contribution in [3.8, 4) is 18.1 Å². The second kappa shape index (κ2) is 4.63. The van der Waals surface area contributed by atoms with Gasteiger partial charge in [0.2, 0.25) is 0 Å². The highest BCUT2D eigenvalue weighted by Gasteiger charge is 2.02. The summed E-state index contributed by atoms with van der Waals surface area (Å²) in [5.41, 5.74) is 1.90. The zero-order chi connectivity index (χ0) is 10.5. The van der Waals surface area contributed by atoms with E-state index in [2.05, 4.69) is 10.9 Å². The van der Waals surface area contributed by atoms with Crippen LogP contribution in [0.5, 0.6) is 5.75 Å². The largest absolute Gasteiger partial charge is 0.487 e. The lowest BCUT2D eigenvalue weighted by molar-refractivity contribution is 0.306. The highest BCUT2D eigenvalue weighted by molar-refractivity contribution is 7.08. The maximum Gasteiger partial charge on any atom is 0.146 e. The number of rotatable bonds is 3. The Kier molecular flexibility index (Phi) is 3.01. The quantitative estimate of drug-likeness (QED) is 0.734. The molecule has 0 saturated carbocycles. The van der Waals surface area contributed by atoms with Crippen LogP contribution in [0.15, 0.2) is 35.3 Å². The molecule has 2 nitrogen and oxygen atoms in total. The summed E-state index contributed by atoms with van der Waals surface area (Å²) >= 11 is 1.55. The van der Waals surface area contributed by atoms with Crippen LogP contribution in [0.2, 0.25) is 0 Å². The van der Waals surface area contributed by atoms with Crippen molar-refractivity contribution < 1.29 is 4.74 Å². The van der Waals surface area contributed by atoms with Gasteiger partial charge in [0.15, 0.2) is 0 Å². The van der Waals surface area contributed by atoms with Crippen molar-refractivity contribution in [3.05, 3.63) is 46.4 Å². The summed E-state index contributed by atoms with van der Waals surface area (Å²) in [5, 5.41) is 3.82. The molecule has 0 aliphatic rings. The maximum absolute atomic E-state index is 5.59. The Morgan fingerprint density at radius 2 is 2.13 bits per heavy atom. The van der Waals surface area contributed by atoms with E-state index in [0.29, 0.717) is 6.61 Å². The van der Waals surface area contributed by atoms with Gasteiger partial charge in [-0.3, -0.25) is 4.98 Å². The fourth-order valence-electron chi connectivity index (χ4n) is 1.14. The Bertz CT molecular complexity index is 470. The van der Waals surface area contributed by atoms with Gasteiger partial charge < -0.3 is 4.74 Å². The van der Waals surface area contributed by atoms with Gasteiger partial charge in [-0.2, -0.15) is 0 Å². The number of aromatic nitrogens is 1. The summed E-state index contributed by atoms with van der Waals surface area (Å²) in [6.07, 6.45) is 8.82. The number of terminal acetylenes is 1. The van der Waals surface area contributed by atoms with Crippen molar-refractivity contribution in [1.82, 2.24) is 4.98 Å². The van der Waals surface area contributed by atoms with E-state index in [1.165, 1.54) is 0 Å². The van der Waals surface area contributed by atoms with Crippen molar-refractivity contribution in [2.45, 2.75) is 6.61 Å². The summed E-state index contributed by atoms with van der Waals surface area (Å²) in [4.78, 5) is 3.94. The Morgan fingerprint density at radius 1 is 1.33 bits per heavy atom. The van der Waals surface area contributed by atoms with E-state index < -0.39 is 0 Å². The predicted octanol–water partition coefficient (Wildman–Crippen LogP) is 2.70. The Labute approximate surface area is 92.6 Å². The van der Waals surface area contributed by atoms with E-state index >= 15 is 0 Å². The Morgan fingerprint density at radius 3 is 2.87 bits per heavy atom. The average Bonchev–Trinajstić information content (AvgIpc) is 2.75. The van der Waals surface area contributed by atoms with Crippen molar-refractivity contribution in [1.29, 1.82) is 0 Å². The molecule has 0 atom stereocenters. The third-order valence-electron chi connectivity index (χ3n) is 1.93. The van der Waals surface area contributed by atoms with Gasteiger partial charge in [0, 0.05) is 23.2 Å². The minimum absolute atomic E-state index is 0.522. The van der Waals surface area contributed by atoms with Gasteiger partial charge in [-0.15, -0.1) is 17.8 Å². The second-order valence-corrected chi connectivity index (χ2v) is 3.68. The summed E-state index contributed by atoms with van der Waals surface area (Å²) in [6.45, 7) is 0.522. The first-order valence-electron chi connectivity index (χ1n) is 4.44. The molecule has 0 aliphatic heterocycles. The summed E-state index contributed by atoms with van der Waals surface area (Å²) in [5.74, 6) is 3.36. The molecule has 0 saturated heterocycles. The molecule has 0 amide bonds. The molecular formula is C12H9NOS. The lowest BCUT2D eigenvalue weighted by Gasteiger charge is -2.04. The van der Waals surface area contributed by atoms with Gasteiger partial charge in [0.05, 0.1) is 5.56 Å². The molecule has 0 N–H and O–H groups in total. The SMILES string of the molecule is C#Cc1cscc1OCc1ccncc1. The highest BCUT2D eigenvalue weighted by atomic mass is 32.1. The van der Waals surface area contributed by atoms with Crippen LogP contribution in [0.4, 0.5) is 0 Å². The van der Waals surface area contributed by atoms with E-state index in [1.807, 2.05) is 22.9 Å². The third-order valence-corrected chi connectivity index (χ3v) is 2.65. The molecule has 2 rings (SSSR count). The van der Waals surface area contributed by atoms with Gasteiger partial charge in [-0.05, 0) is 17.7 Å². The molecule has 15 heavy (non-hydrogen) atoms. The van der Waals surface area contributed by atoms with E-state index in [0.717, 1.165) is 16.9 Å². The highest BCUT2D eigenvalue weighted by Crippen LogP contribution is 2.23. The number of hydrogen-bond donors (Lipinski definition) is 0. The van der Waals surface area contributed by atoms with E-state index in [9.17, 15) is 0 Å². The molecule has 0 aliphatic carbocycles. The van der Waals surface area contributed by atoms with Crippen LogP contribution in [0.25, 0.3) is 0 Å². The molecule has 0 bridgehead atoms. The van der Waals surface area contributed by atoms with Gasteiger partial charge >= 0.3 is 0 Å². The van der Waals surface area contributed by atoms with Gasteiger partial charge in [0.25, 0.3) is 0 Å². The number of nitrogens with zero attached hydrogens (tertiary/aromatic N) is 1. The van der Waals surface area contributed by atoms with E-state index in [-0.39, 0.29) is 0 Å². The standard InChI is InChI=1S/C12H9NOS/c1-2-11-8-15-9-12(11)14-7-10-3-5-13-6-4-10/h1,3-6,8-9H,7H2. The minimum Gasteiger partial charge on any atom is -0.487 e. The zero-order valence-corrected chi connectivity index (χ0v) is 8.83. The fraction of sp³-hybridized carbons (Fsp3) is 0.0833. The van der Waals surface area contributed by atoms with Gasteiger partial charge in [0.1, 0.15) is 12.4 Å². The van der Waals surface area contributed by atoms with Crippen LogP contribution in [-0.2, 0) is 6.61 Å². The minimum atomic E-state index is 0.522. The number of ether oxygens (including phenoxy) is 1. The Hall–Kier alpha value is -1.79. The van der Waals surface area contributed by atoms with Crippen LogP contribution in [-0.4, -0.2) is 4.98 Å². The van der Waals surface area contributed by atoms with Crippen molar-refractivity contribution >= 4 is 11.3 Å². The zero-order valence-electron chi connectivity index (χ0n) is 8.01. The smallest absolute Gasteiger partial charge is 0.146 e. The fourth-order valence-corrected chi connectivity index (χ4v) is 1.85. The molecule has 2 heterocycles. The van der Waals surface area contributed by atoms with Crippen LogP contribution >= 0.6 is 11.3 Å². The Balaban J connectivity index is 2.03. The molecule has 0 spiro atoms. The van der Waals surface area contributed by atoms with Gasteiger partial charge in [-0.25, -0.2) is 0 Å². The summed E-state index contributed by atoms with van der Waals surface area (Å²) in [7, 11) is 0. The molecule has 3 heteroatoms. The molecule has 74 valence electrons. The van der Waals surface area contributed by atoms with Crippen LogP contribution < -0.4 is 4.74 Å². The number of hydrogen-bond acceptors (Lipinski definition) is 3. The van der Waals surface area contributed by atoms with Gasteiger partial charge in [-0.1, -0.05) is 5.92 Å². The van der Waals surface area contributed by atoms with Crippen molar-refractivity contribution in [2.75, 3.05) is 0 Å². The molecular weight excluding hydrogens is 206 g/mol. The number of thiophene rings is 1. The first-order chi connectivity index (χ1) is 7.40. The first-order valence-corrected chi connectivity index (χ1v) is 5.39. The van der Waals surface area contributed by atoms with Crippen molar-refractivity contribution in [3.63, 3.8) is 0 Å². The molecule has 0 unspecified atom stereocenters. The third kappa shape index (κ3) is 2.36. The summed E-state index contributed by atoms with van der Waals surface area (Å²) < 4.78 is 5.59. The molecule has 0 radical (unpaired) electrons. The summed E-state index contributed by atoms with van der Waals surface area (Å²) in [6, 6.07) is 3.84. The van der Waals surface area contributed by atoms with Crippen molar-refractivity contribution in [2.24, 2.45) is 0 Å². The maximum atomic E-state index is 5.59. The molecule has 2 aromatic heterocycles. The molecule has 0 fully saturated rings. The van der Waals surface area contributed by atoms with E-state index in [4.69, 9.17) is 11.2 Å². The first kappa shape index (κ1) is 9.75. The second-order valence-electron chi connectivity index (χ2n) is 2.94. The monoisotopic (exact) mass is 215 g/mol. The molecule has 2 aromatic rings. The van der Waals surface area contributed by atoms with Crippen LogP contribution in [0.1, 0.15) is 11.1 Å². The lowest BCUT2D eigenvalue weighted by Crippen LogP contribution is -1.95. The predicted molar refractivity (Wildman–Crippen MR) is 60.8 cm³/mol.